The Labute approximate surface area is 402 Å². The number of piperazine rings is 1. The fourth-order valence-corrected chi connectivity index (χ4v) is 8.60. The number of fused-ring (bicyclic) bond motifs is 3. The van der Waals surface area contributed by atoms with E-state index >= 15 is 0 Å². The quantitative estimate of drug-likeness (QED) is 0.0591. The van der Waals surface area contributed by atoms with E-state index < -0.39 is 7.60 Å². The molecule has 22 heteroatoms. The van der Waals surface area contributed by atoms with Crippen molar-refractivity contribution < 1.29 is 47.2 Å². The zero-order valence-corrected chi connectivity index (χ0v) is 40.8. The third-order valence-corrected chi connectivity index (χ3v) is 12.6. The predicted molar refractivity (Wildman–Crippen MR) is 266 cm³/mol. The number of urea groups is 1. The molecule has 370 valence electrons. The molecule has 2 amide bonds. The fraction of sp³-hybridized carbons (Fsp3) is 0.312. The number of phenols is 1. The zero-order valence-electron chi connectivity index (χ0n) is 39.9. The number of methoxy groups -OCH3 is 4. The molecule has 1 aliphatic rings. The number of hydrogen-bond donors (Lipinski definition) is 4. The van der Waals surface area contributed by atoms with Crippen molar-refractivity contribution in [2.75, 3.05) is 90.8 Å². The summed E-state index contributed by atoms with van der Waals surface area (Å²) in [6.45, 7) is 8.80. The molecule has 0 aliphatic carbocycles. The van der Waals surface area contributed by atoms with Gasteiger partial charge in [-0.3, -0.25) is 14.2 Å². The monoisotopic (exact) mass is 981 g/mol. The average molecular weight is 982 g/mol. The number of nitrogens with zero attached hydrogens (tertiary/aromatic N) is 6. The fourth-order valence-electron chi connectivity index (χ4n) is 7.12. The van der Waals surface area contributed by atoms with Gasteiger partial charge in [0.1, 0.15) is 18.8 Å². The number of anilines is 2. The SMILES string of the molecule is CCOP(=O)(C/C=C/COc1cc2c(N3CCN(C(=O)Nc4ccc(C)cc4)CC3)ncnc2cc1OC)OCC.COc1cc2nc[nH]c(=O)c2cc1O.COc1cc2nc[nH]c(=O)c2cc1OC. The highest BCUT2D eigenvalue weighted by atomic mass is 31.2. The van der Waals surface area contributed by atoms with Gasteiger partial charge in [-0.05, 0) is 51.1 Å². The highest BCUT2D eigenvalue weighted by Crippen LogP contribution is 2.48. The summed E-state index contributed by atoms with van der Waals surface area (Å²) < 4.78 is 49.9. The Morgan fingerprint density at radius 1 is 0.700 bits per heavy atom. The van der Waals surface area contributed by atoms with Gasteiger partial charge in [0.2, 0.25) is 0 Å². The van der Waals surface area contributed by atoms with E-state index in [1.807, 2.05) is 43.3 Å². The number of carbonyl (C=O) groups is 1. The molecular formula is C48H56N9O12P. The van der Waals surface area contributed by atoms with Gasteiger partial charge in [-0.2, -0.15) is 0 Å². The minimum Gasteiger partial charge on any atom is -0.504 e. The number of amides is 2. The summed E-state index contributed by atoms with van der Waals surface area (Å²) in [6.07, 6.45) is 7.88. The third kappa shape index (κ3) is 13.1. The number of ether oxygens (including phenoxy) is 5. The molecule has 3 aromatic heterocycles. The predicted octanol–water partition coefficient (Wildman–Crippen LogP) is 7.08. The molecule has 21 nitrogen and oxygen atoms in total. The van der Waals surface area contributed by atoms with Crippen molar-refractivity contribution in [3.05, 3.63) is 118 Å². The number of rotatable bonds is 15. The maximum atomic E-state index is 12.8. The van der Waals surface area contributed by atoms with E-state index in [4.69, 9.17) is 32.7 Å². The summed E-state index contributed by atoms with van der Waals surface area (Å²) in [5, 5.41) is 14.0. The Hall–Kier alpha value is -7.74. The van der Waals surface area contributed by atoms with Crippen LogP contribution in [0.1, 0.15) is 19.4 Å². The first-order chi connectivity index (χ1) is 33.8. The van der Waals surface area contributed by atoms with Gasteiger partial charge in [0, 0.05) is 55.5 Å². The first-order valence-corrected chi connectivity index (χ1v) is 23.8. The van der Waals surface area contributed by atoms with E-state index in [9.17, 15) is 24.1 Å². The van der Waals surface area contributed by atoms with E-state index in [1.165, 1.54) is 52.4 Å². The lowest BCUT2D eigenvalue weighted by Crippen LogP contribution is -2.50. The number of H-pyrrole nitrogens is 2. The summed E-state index contributed by atoms with van der Waals surface area (Å²) >= 11 is 0. The van der Waals surface area contributed by atoms with Crippen molar-refractivity contribution in [1.29, 1.82) is 0 Å². The molecule has 0 saturated carbocycles. The lowest BCUT2D eigenvalue weighted by Gasteiger charge is -2.35. The second kappa shape index (κ2) is 24.5. The van der Waals surface area contributed by atoms with Gasteiger partial charge < -0.3 is 62.9 Å². The number of phenolic OH excluding ortho intramolecular Hbond substituents is 1. The molecule has 8 rings (SSSR count). The van der Waals surface area contributed by atoms with Crippen molar-refractivity contribution in [2.24, 2.45) is 0 Å². The number of carbonyl (C=O) groups excluding carboxylic acids is 1. The first kappa shape index (κ1) is 51.6. The lowest BCUT2D eigenvalue weighted by molar-refractivity contribution is 0.208. The highest BCUT2D eigenvalue weighted by Gasteiger charge is 2.25. The van der Waals surface area contributed by atoms with Crippen LogP contribution in [0, 0.1) is 6.92 Å². The van der Waals surface area contributed by atoms with Crippen molar-refractivity contribution in [2.45, 2.75) is 20.8 Å². The number of nitrogens with one attached hydrogen (secondary N) is 3. The Bertz CT molecular complexity index is 3080. The normalized spacial score (nSPS) is 12.5. The van der Waals surface area contributed by atoms with Crippen LogP contribution in [0.4, 0.5) is 16.3 Å². The molecule has 4 N–H and O–H groups in total. The molecule has 7 aromatic rings. The number of allylic oxidation sites excluding steroid dienone is 1. The van der Waals surface area contributed by atoms with E-state index in [2.05, 4.69) is 40.1 Å². The van der Waals surface area contributed by atoms with E-state index in [-0.39, 0.29) is 35.7 Å². The van der Waals surface area contributed by atoms with Crippen LogP contribution in [-0.4, -0.2) is 127 Å². The Morgan fingerprint density at radius 2 is 1.23 bits per heavy atom. The highest BCUT2D eigenvalue weighted by molar-refractivity contribution is 7.54. The summed E-state index contributed by atoms with van der Waals surface area (Å²) in [6, 6.07) is 17.5. The minimum atomic E-state index is -3.15. The Morgan fingerprint density at radius 3 is 1.81 bits per heavy atom. The molecule has 70 heavy (non-hydrogen) atoms. The van der Waals surface area contributed by atoms with Crippen LogP contribution in [0.15, 0.2) is 101 Å². The number of hydrogen-bond acceptors (Lipinski definition) is 17. The van der Waals surface area contributed by atoms with Crippen molar-refractivity contribution in [3.63, 3.8) is 0 Å². The van der Waals surface area contributed by atoms with Crippen LogP contribution in [-0.2, 0) is 13.6 Å². The summed E-state index contributed by atoms with van der Waals surface area (Å²) in [4.78, 5) is 61.4. The number of aromatic hydroxyl groups is 1. The maximum absolute atomic E-state index is 12.8. The van der Waals surface area contributed by atoms with Crippen LogP contribution < -0.4 is 45.0 Å². The van der Waals surface area contributed by atoms with Gasteiger partial charge in [0.15, 0.2) is 34.5 Å². The summed E-state index contributed by atoms with van der Waals surface area (Å²) in [7, 11) is 2.93. The van der Waals surface area contributed by atoms with E-state index in [0.29, 0.717) is 89.9 Å². The molecule has 0 radical (unpaired) electrons. The summed E-state index contributed by atoms with van der Waals surface area (Å²) in [5.74, 6) is 3.16. The van der Waals surface area contributed by atoms with Crippen molar-refractivity contribution >= 4 is 57.8 Å². The topological polar surface area (TPSA) is 255 Å². The number of aryl methyl sites for hydroxylation is 1. The largest absolute Gasteiger partial charge is 0.504 e. The molecule has 0 bridgehead atoms. The maximum Gasteiger partial charge on any atom is 0.334 e. The van der Waals surface area contributed by atoms with Crippen molar-refractivity contribution in [1.82, 2.24) is 34.8 Å². The van der Waals surface area contributed by atoms with Crippen LogP contribution in [0.2, 0.25) is 0 Å². The van der Waals surface area contributed by atoms with E-state index in [0.717, 1.165) is 28.0 Å². The number of aromatic amines is 2. The lowest BCUT2D eigenvalue weighted by atomic mass is 10.2. The van der Waals surface area contributed by atoms with Crippen LogP contribution >= 0.6 is 7.60 Å². The standard InChI is InChI=1S/C29H38N5O6P.C10H10N2O3.C9H8N2O3/c1-5-39-41(36,40-6-2)18-8-7-17-38-27-19-24-25(20-26(27)37-4)30-21-31-28(24)33-13-15-34(16-14-33)29(35)32-23-11-9-22(3)10-12-23;1-14-8-3-6-7(4-9(8)15-2)11-5-12-10(6)13;1-14-8-3-6-5(2-7(8)12)9(13)11-4-10-6/h7-12,19-21H,5-6,13-18H2,1-4H3,(H,32,35);3-5H,1-2H3,(H,11,12,13);2-4,12H,1H3,(H,10,11,13)/b8-7+;;. The average Bonchev–Trinajstić information content (AvgIpc) is 3.37. The molecule has 4 heterocycles. The molecule has 0 atom stereocenters. The van der Waals surface area contributed by atoms with E-state index in [1.54, 1.807) is 50.1 Å². The smallest absolute Gasteiger partial charge is 0.334 e. The molecule has 1 saturated heterocycles. The van der Waals surface area contributed by atoms with Crippen LogP contribution in [0.3, 0.4) is 0 Å². The molecule has 1 aliphatic heterocycles. The Kier molecular flexibility index (Phi) is 18.1. The van der Waals surface area contributed by atoms with Gasteiger partial charge in [-0.1, -0.05) is 29.8 Å². The molecule has 4 aromatic carbocycles. The molecule has 0 spiro atoms. The van der Waals surface area contributed by atoms with Gasteiger partial charge in [-0.25, -0.2) is 24.7 Å². The van der Waals surface area contributed by atoms with Crippen LogP contribution in [0.25, 0.3) is 32.7 Å². The van der Waals surface area contributed by atoms with Gasteiger partial charge >= 0.3 is 13.6 Å². The van der Waals surface area contributed by atoms with Gasteiger partial charge in [0.25, 0.3) is 11.1 Å². The number of aromatic nitrogens is 6. The first-order valence-electron chi connectivity index (χ1n) is 22.0. The molecule has 0 unspecified atom stereocenters. The summed E-state index contributed by atoms with van der Waals surface area (Å²) in [5.41, 5.74) is 3.24. The van der Waals surface area contributed by atoms with Gasteiger partial charge in [-0.15, -0.1) is 0 Å². The number of benzene rings is 4. The van der Waals surface area contributed by atoms with Crippen LogP contribution in [0.5, 0.6) is 34.5 Å². The Balaban J connectivity index is 0.000000222. The zero-order chi connectivity index (χ0) is 50.2. The molecule has 1 fully saturated rings. The minimum absolute atomic E-state index is 0.0708. The third-order valence-electron chi connectivity index (χ3n) is 10.6. The van der Waals surface area contributed by atoms with Crippen molar-refractivity contribution in [3.8, 4) is 34.5 Å². The second-order valence-corrected chi connectivity index (χ2v) is 17.2. The van der Waals surface area contributed by atoms with Gasteiger partial charge in [0.05, 0.1) is 87.8 Å². The molecular weight excluding hydrogens is 926 g/mol. The second-order valence-electron chi connectivity index (χ2n) is 15.1.